The molecule has 2 nitrogen and oxygen atoms in total. The van der Waals surface area contributed by atoms with E-state index in [1.165, 1.54) is 19.3 Å². The van der Waals surface area contributed by atoms with Crippen LogP contribution in [0.2, 0.25) is 0 Å². The van der Waals surface area contributed by atoms with Gasteiger partial charge in [-0.25, -0.2) is 0 Å². The second-order valence-electron chi connectivity index (χ2n) is 3.54. The average Bonchev–Trinajstić information content (AvgIpc) is 2.44. The SMILES string of the molecule is O=[P+](O)C1CC2CCC1C2. The number of rotatable bonds is 1. The maximum atomic E-state index is 10.7. The second kappa shape index (κ2) is 2.28. The van der Waals surface area contributed by atoms with Gasteiger partial charge in [0.05, 0.1) is 0 Å². The molecule has 0 aromatic heterocycles. The molecule has 0 aromatic rings. The predicted octanol–water partition coefficient (Wildman–Crippen LogP) is 1.91. The number of hydrogen-bond acceptors (Lipinski definition) is 1. The van der Waals surface area contributed by atoms with Gasteiger partial charge in [-0.3, -0.25) is 0 Å². The summed E-state index contributed by atoms with van der Waals surface area (Å²) in [5.74, 6) is 1.39. The van der Waals surface area contributed by atoms with Gasteiger partial charge in [0.25, 0.3) is 0 Å². The van der Waals surface area contributed by atoms with Gasteiger partial charge < -0.3 is 0 Å². The summed E-state index contributed by atoms with van der Waals surface area (Å²) < 4.78 is 10.7. The monoisotopic (exact) mass is 159 g/mol. The molecule has 1 N–H and O–H groups in total. The number of fused-ring (bicyclic) bond motifs is 2. The van der Waals surface area contributed by atoms with E-state index in [9.17, 15) is 4.57 Å². The molecule has 2 aliphatic carbocycles. The van der Waals surface area contributed by atoms with E-state index in [2.05, 4.69) is 0 Å². The summed E-state index contributed by atoms with van der Waals surface area (Å²) in [5.41, 5.74) is 0.161. The number of hydrogen-bond donors (Lipinski definition) is 1. The second-order valence-corrected chi connectivity index (χ2v) is 4.81. The van der Waals surface area contributed by atoms with E-state index in [4.69, 9.17) is 4.89 Å². The van der Waals surface area contributed by atoms with Crippen molar-refractivity contribution in [3.63, 3.8) is 0 Å². The lowest BCUT2D eigenvalue weighted by Gasteiger charge is -2.09. The first-order chi connectivity index (χ1) is 4.77. The quantitative estimate of drug-likeness (QED) is 0.593. The van der Waals surface area contributed by atoms with Crippen LogP contribution in [0.25, 0.3) is 0 Å². The normalized spacial score (nSPS) is 46.1. The summed E-state index contributed by atoms with van der Waals surface area (Å²) in [5, 5.41) is 0. The Morgan fingerprint density at radius 2 is 2.10 bits per heavy atom. The minimum Gasteiger partial charge on any atom is -0.161 e. The minimum atomic E-state index is -1.87. The lowest BCUT2D eigenvalue weighted by atomic mass is 10.0. The van der Waals surface area contributed by atoms with Crippen molar-refractivity contribution >= 4 is 8.03 Å². The topological polar surface area (TPSA) is 37.3 Å². The van der Waals surface area contributed by atoms with Crippen molar-refractivity contribution in [1.29, 1.82) is 0 Å². The molecule has 0 saturated heterocycles. The first-order valence-electron chi connectivity index (χ1n) is 3.92. The summed E-state index contributed by atoms with van der Waals surface area (Å²) in [6, 6.07) is 0. The first-order valence-corrected chi connectivity index (χ1v) is 5.21. The highest BCUT2D eigenvalue weighted by molar-refractivity contribution is 7.38. The Kier molecular flexibility index (Phi) is 1.54. The smallest absolute Gasteiger partial charge is 0.161 e. The molecule has 2 fully saturated rings. The summed E-state index contributed by atoms with van der Waals surface area (Å²) in [7, 11) is -1.87. The van der Waals surface area contributed by atoms with Crippen LogP contribution in [-0.2, 0) is 4.57 Å². The van der Waals surface area contributed by atoms with Crippen molar-refractivity contribution in [3.05, 3.63) is 0 Å². The third-order valence-electron chi connectivity index (χ3n) is 2.98. The van der Waals surface area contributed by atoms with Crippen molar-refractivity contribution in [2.75, 3.05) is 0 Å². The van der Waals surface area contributed by atoms with Crippen LogP contribution in [0.4, 0.5) is 0 Å². The van der Waals surface area contributed by atoms with Gasteiger partial charge in [-0.2, -0.15) is 4.89 Å². The molecule has 4 atom stereocenters. The Morgan fingerprint density at radius 1 is 1.30 bits per heavy atom. The summed E-state index contributed by atoms with van der Waals surface area (Å²) in [4.78, 5) is 8.88. The maximum Gasteiger partial charge on any atom is 0.508 e. The molecular weight excluding hydrogens is 147 g/mol. The van der Waals surface area contributed by atoms with Crippen molar-refractivity contribution in [2.45, 2.75) is 31.3 Å². The highest BCUT2D eigenvalue weighted by Gasteiger charge is 2.49. The van der Waals surface area contributed by atoms with Crippen molar-refractivity contribution in [2.24, 2.45) is 11.8 Å². The van der Waals surface area contributed by atoms with Crippen LogP contribution < -0.4 is 0 Å². The van der Waals surface area contributed by atoms with E-state index in [1.54, 1.807) is 0 Å². The third kappa shape index (κ3) is 0.906. The van der Waals surface area contributed by atoms with Crippen molar-refractivity contribution in [3.8, 4) is 0 Å². The molecule has 3 heteroatoms. The van der Waals surface area contributed by atoms with Crippen LogP contribution in [0.15, 0.2) is 0 Å². The minimum absolute atomic E-state index is 0.161. The first kappa shape index (κ1) is 6.75. The fraction of sp³-hybridized carbons (Fsp3) is 1.00. The molecule has 0 spiro atoms. The van der Waals surface area contributed by atoms with Crippen LogP contribution >= 0.6 is 8.03 Å². The van der Waals surface area contributed by atoms with Crippen LogP contribution in [0.1, 0.15) is 25.7 Å². The van der Waals surface area contributed by atoms with E-state index in [0.29, 0.717) is 5.92 Å². The van der Waals surface area contributed by atoms with E-state index >= 15 is 0 Å². The molecule has 2 bridgehead atoms. The predicted molar refractivity (Wildman–Crippen MR) is 39.1 cm³/mol. The van der Waals surface area contributed by atoms with Gasteiger partial charge in [0.2, 0.25) is 0 Å². The van der Waals surface area contributed by atoms with Gasteiger partial charge in [0.1, 0.15) is 0 Å². The summed E-state index contributed by atoms with van der Waals surface area (Å²) in [6.07, 6.45) is 4.77. The zero-order valence-electron chi connectivity index (χ0n) is 5.86. The Balaban J connectivity index is 2.08. The van der Waals surface area contributed by atoms with E-state index in [1.807, 2.05) is 0 Å². The Morgan fingerprint density at radius 3 is 2.40 bits per heavy atom. The van der Waals surface area contributed by atoms with Gasteiger partial charge >= 0.3 is 8.03 Å². The van der Waals surface area contributed by atoms with Gasteiger partial charge in [-0.1, -0.05) is 0 Å². The standard InChI is InChI=1S/C7H11O2P/c8-10(9)7-4-5-1-2-6(7)3-5/h5-7H,1-4H2/p+1. The third-order valence-corrected chi connectivity index (χ3v) is 4.18. The molecule has 0 aromatic carbocycles. The Labute approximate surface area is 61.5 Å². The molecule has 56 valence electrons. The summed E-state index contributed by atoms with van der Waals surface area (Å²) >= 11 is 0. The largest absolute Gasteiger partial charge is 0.508 e. The molecular formula is C7H12O2P+. The van der Waals surface area contributed by atoms with Gasteiger partial charge in [0, 0.05) is 12.3 Å². The highest BCUT2D eigenvalue weighted by atomic mass is 31.1. The highest BCUT2D eigenvalue weighted by Crippen LogP contribution is 2.52. The molecule has 10 heavy (non-hydrogen) atoms. The zero-order chi connectivity index (χ0) is 7.14. The molecule has 4 unspecified atom stereocenters. The molecule has 2 rings (SSSR count). The van der Waals surface area contributed by atoms with E-state index in [0.717, 1.165) is 12.3 Å². The molecule has 2 saturated carbocycles. The lowest BCUT2D eigenvalue weighted by Crippen LogP contribution is -2.11. The summed E-state index contributed by atoms with van der Waals surface area (Å²) in [6.45, 7) is 0. The fourth-order valence-electron chi connectivity index (χ4n) is 2.48. The van der Waals surface area contributed by atoms with E-state index < -0.39 is 8.03 Å². The molecule has 2 aliphatic rings. The van der Waals surface area contributed by atoms with Gasteiger partial charge in [-0.15, -0.1) is 0 Å². The van der Waals surface area contributed by atoms with E-state index in [-0.39, 0.29) is 5.66 Å². The molecule has 0 amide bonds. The Hall–Kier alpha value is 0.0600. The van der Waals surface area contributed by atoms with Crippen molar-refractivity contribution in [1.82, 2.24) is 0 Å². The zero-order valence-corrected chi connectivity index (χ0v) is 6.76. The molecule has 0 aliphatic heterocycles. The molecule has 0 heterocycles. The van der Waals surface area contributed by atoms with Crippen LogP contribution in [-0.4, -0.2) is 10.6 Å². The lowest BCUT2D eigenvalue weighted by molar-refractivity contribution is 0.429. The van der Waals surface area contributed by atoms with Crippen LogP contribution in [0.5, 0.6) is 0 Å². The van der Waals surface area contributed by atoms with Crippen LogP contribution in [0.3, 0.4) is 0 Å². The van der Waals surface area contributed by atoms with Gasteiger partial charge in [0.15, 0.2) is 5.66 Å². The van der Waals surface area contributed by atoms with Crippen LogP contribution in [0, 0.1) is 11.8 Å². The van der Waals surface area contributed by atoms with Crippen molar-refractivity contribution < 1.29 is 9.46 Å². The maximum absolute atomic E-state index is 10.7. The molecule has 0 radical (unpaired) electrons. The average molecular weight is 159 g/mol. The Bertz CT molecular complexity index is 169. The fourth-order valence-corrected chi connectivity index (χ4v) is 3.59. The van der Waals surface area contributed by atoms with Gasteiger partial charge in [-0.05, 0) is 29.7 Å².